The van der Waals surface area contributed by atoms with Crippen molar-refractivity contribution in [3.63, 3.8) is 0 Å². The Morgan fingerprint density at radius 3 is 2.62 bits per heavy atom. The Balaban J connectivity index is 0.00000420. The van der Waals surface area contributed by atoms with Crippen LogP contribution in [0, 0.1) is 17.5 Å². The highest BCUT2D eigenvalue weighted by atomic mass is 127. The molecule has 0 spiro atoms. The quantitative estimate of drug-likeness (QED) is 0.212. The van der Waals surface area contributed by atoms with Gasteiger partial charge in [-0.25, -0.2) is 18.2 Å². The lowest BCUT2D eigenvalue weighted by molar-refractivity contribution is -0.114. The Bertz CT molecular complexity index is 844. The van der Waals surface area contributed by atoms with E-state index >= 15 is 0 Å². The minimum atomic E-state index is -1.64. The van der Waals surface area contributed by atoms with Crippen LogP contribution < -0.4 is 16.0 Å². The molecule has 0 aliphatic heterocycles. The van der Waals surface area contributed by atoms with E-state index in [1.807, 2.05) is 18.4 Å². The summed E-state index contributed by atoms with van der Waals surface area (Å²) in [5.41, 5.74) is -0.447. The molecular weight excluding hydrogens is 502 g/mol. The summed E-state index contributed by atoms with van der Waals surface area (Å²) in [6, 6.07) is 1.68. The Hall–Kier alpha value is -2.38. The maximum absolute atomic E-state index is 13.6. The van der Waals surface area contributed by atoms with Crippen LogP contribution in [0.25, 0.3) is 0 Å². The molecule has 3 N–H and O–H groups in total. The molecule has 1 heterocycles. The molecule has 12 heteroatoms. The van der Waals surface area contributed by atoms with Gasteiger partial charge in [0.1, 0.15) is 18.7 Å². The Labute approximate surface area is 183 Å². The first kappa shape index (κ1) is 24.7. The summed E-state index contributed by atoms with van der Waals surface area (Å²) in [5.74, 6) is -3.85. The van der Waals surface area contributed by atoms with Gasteiger partial charge in [0, 0.05) is 26.1 Å². The van der Waals surface area contributed by atoms with E-state index in [0.717, 1.165) is 24.4 Å². The maximum atomic E-state index is 13.6. The number of carbonyl (C=O) groups excluding carboxylic acids is 1. The second-order valence-corrected chi connectivity index (χ2v) is 5.69. The standard InChI is InChI=1S/C17H22F3N7O.HI/c1-3-13-26-24-10-27(13)8-7-22-17(21-4-2)23-9-14(28)25-12-6-5-11(18)15(19)16(12)20;/h5-6,10H,3-4,7-9H2,1-2H3,(H,25,28)(H2,21,22,23);1H. The first-order valence-corrected chi connectivity index (χ1v) is 8.78. The van der Waals surface area contributed by atoms with E-state index in [-0.39, 0.29) is 30.5 Å². The minimum Gasteiger partial charge on any atom is -0.357 e. The average Bonchev–Trinajstić information content (AvgIpc) is 3.14. The fourth-order valence-electron chi connectivity index (χ4n) is 2.34. The fraction of sp³-hybridized carbons (Fsp3) is 0.412. The summed E-state index contributed by atoms with van der Waals surface area (Å²) in [6.45, 7) is 5.19. The number of aliphatic imine (C=N–C) groups is 1. The molecule has 0 saturated carbocycles. The number of guanidine groups is 1. The number of nitrogens with one attached hydrogen (secondary N) is 3. The normalized spacial score (nSPS) is 11.0. The number of anilines is 1. The van der Waals surface area contributed by atoms with Crippen LogP contribution in [0.2, 0.25) is 0 Å². The summed E-state index contributed by atoms with van der Waals surface area (Å²) in [4.78, 5) is 16.0. The SMILES string of the molecule is CCNC(=NCC(=O)Nc1ccc(F)c(F)c1F)NCCn1cnnc1CC.I. The van der Waals surface area contributed by atoms with E-state index in [1.54, 1.807) is 6.33 Å². The first-order chi connectivity index (χ1) is 13.5. The number of benzene rings is 1. The zero-order valence-corrected chi connectivity index (χ0v) is 18.3. The van der Waals surface area contributed by atoms with Gasteiger partial charge in [0.15, 0.2) is 23.4 Å². The molecular formula is C17H23F3IN7O. The number of aromatic nitrogens is 3. The second kappa shape index (κ2) is 12.2. The van der Waals surface area contributed by atoms with E-state index in [0.29, 0.717) is 25.6 Å². The van der Waals surface area contributed by atoms with Gasteiger partial charge in [0.25, 0.3) is 0 Å². The van der Waals surface area contributed by atoms with Crippen molar-refractivity contribution in [2.45, 2.75) is 26.8 Å². The third kappa shape index (κ3) is 7.18. The van der Waals surface area contributed by atoms with Crippen LogP contribution in [-0.2, 0) is 17.8 Å². The van der Waals surface area contributed by atoms with E-state index < -0.39 is 29.0 Å². The summed E-state index contributed by atoms with van der Waals surface area (Å²) in [5, 5.41) is 16.0. The molecule has 1 aromatic carbocycles. The lowest BCUT2D eigenvalue weighted by Crippen LogP contribution is -2.39. The molecule has 0 radical (unpaired) electrons. The number of amides is 1. The molecule has 8 nitrogen and oxygen atoms in total. The highest BCUT2D eigenvalue weighted by Crippen LogP contribution is 2.19. The van der Waals surface area contributed by atoms with Crippen molar-refractivity contribution in [1.82, 2.24) is 25.4 Å². The number of hydrogen-bond acceptors (Lipinski definition) is 4. The number of nitrogens with zero attached hydrogens (tertiary/aromatic N) is 4. The van der Waals surface area contributed by atoms with Crippen molar-refractivity contribution < 1.29 is 18.0 Å². The molecule has 0 aliphatic carbocycles. The van der Waals surface area contributed by atoms with E-state index in [9.17, 15) is 18.0 Å². The molecule has 29 heavy (non-hydrogen) atoms. The monoisotopic (exact) mass is 525 g/mol. The van der Waals surface area contributed by atoms with Gasteiger partial charge >= 0.3 is 0 Å². The molecule has 2 aromatic rings. The lowest BCUT2D eigenvalue weighted by Gasteiger charge is -2.12. The Kier molecular flexibility index (Phi) is 10.4. The average molecular weight is 525 g/mol. The van der Waals surface area contributed by atoms with Gasteiger partial charge in [0.05, 0.1) is 5.69 Å². The molecule has 0 atom stereocenters. The molecule has 0 fully saturated rings. The predicted octanol–water partition coefficient (Wildman–Crippen LogP) is 2.07. The van der Waals surface area contributed by atoms with E-state index in [1.165, 1.54) is 0 Å². The Morgan fingerprint density at radius 2 is 1.93 bits per heavy atom. The third-order valence-electron chi connectivity index (χ3n) is 3.69. The van der Waals surface area contributed by atoms with Crippen LogP contribution in [0.1, 0.15) is 19.7 Å². The van der Waals surface area contributed by atoms with Gasteiger partial charge in [0.2, 0.25) is 5.91 Å². The first-order valence-electron chi connectivity index (χ1n) is 8.78. The molecule has 0 unspecified atom stereocenters. The van der Waals surface area contributed by atoms with Crippen LogP contribution in [0.5, 0.6) is 0 Å². The highest BCUT2D eigenvalue weighted by molar-refractivity contribution is 14.0. The summed E-state index contributed by atoms with van der Waals surface area (Å²) in [6.07, 6.45) is 2.39. The molecule has 1 aromatic heterocycles. The number of rotatable bonds is 8. The van der Waals surface area contributed by atoms with Gasteiger partial charge in [-0.1, -0.05) is 6.92 Å². The zero-order valence-electron chi connectivity index (χ0n) is 16.0. The van der Waals surface area contributed by atoms with E-state index in [4.69, 9.17) is 0 Å². The van der Waals surface area contributed by atoms with Crippen molar-refractivity contribution >= 4 is 41.5 Å². The summed E-state index contributed by atoms with van der Waals surface area (Å²) >= 11 is 0. The molecule has 0 bridgehead atoms. The molecule has 0 aliphatic rings. The number of carbonyl (C=O) groups is 1. The summed E-state index contributed by atoms with van der Waals surface area (Å²) < 4.78 is 41.6. The van der Waals surface area contributed by atoms with Gasteiger partial charge < -0.3 is 20.5 Å². The van der Waals surface area contributed by atoms with Gasteiger partial charge in [-0.05, 0) is 19.1 Å². The van der Waals surface area contributed by atoms with E-state index in [2.05, 4.69) is 31.1 Å². The molecule has 1 amide bonds. The summed E-state index contributed by atoms with van der Waals surface area (Å²) in [7, 11) is 0. The molecule has 2 rings (SSSR count). The van der Waals surface area contributed by atoms with Crippen molar-refractivity contribution in [3.8, 4) is 0 Å². The van der Waals surface area contributed by atoms with Gasteiger partial charge in [-0.2, -0.15) is 0 Å². The largest absolute Gasteiger partial charge is 0.357 e. The fourth-order valence-corrected chi connectivity index (χ4v) is 2.34. The van der Waals surface area contributed by atoms with Crippen LogP contribution in [0.15, 0.2) is 23.5 Å². The van der Waals surface area contributed by atoms with Crippen molar-refractivity contribution in [1.29, 1.82) is 0 Å². The third-order valence-corrected chi connectivity index (χ3v) is 3.69. The predicted molar refractivity (Wildman–Crippen MR) is 114 cm³/mol. The van der Waals surface area contributed by atoms with Crippen LogP contribution in [0.3, 0.4) is 0 Å². The maximum Gasteiger partial charge on any atom is 0.246 e. The lowest BCUT2D eigenvalue weighted by atomic mass is 10.3. The number of hydrogen-bond donors (Lipinski definition) is 3. The smallest absolute Gasteiger partial charge is 0.246 e. The zero-order chi connectivity index (χ0) is 20.5. The van der Waals surface area contributed by atoms with Gasteiger partial charge in [-0.3, -0.25) is 4.79 Å². The van der Waals surface area contributed by atoms with Crippen LogP contribution in [0.4, 0.5) is 18.9 Å². The number of aryl methyl sites for hydroxylation is 1. The topological polar surface area (TPSA) is 96.2 Å². The van der Waals surface area contributed by atoms with Crippen molar-refractivity contribution in [2.75, 3.05) is 25.0 Å². The minimum absolute atomic E-state index is 0. The van der Waals surface area contributed by atoms with Crippen LogP contribution in [-0.4, -0.2) is 46.3 Å². The molecule has 160 valence electrons. The molecule has 0 saturated heterocycles. The second-order valence-electron chi connectivity index (χ2n) is 5.69. The van der Waals surface area contributed by atoms with Crippen molar-refractivity contribution in [3.05, 3.63) is 41.7 Å². The van der Waals surface area contributed by atoms with Crippen molar-refractivity contribution in [2.24, 2.45) is 4.99 Å². The Morgan fingerprint density at radius 1 is 1.17 bits per heavy atom. The van der Waals surface area contributed by atoms with Crippen LogP contribution >= 0.6 is 24.0 Å². The highest BCUT2D eigenvalue weighted by Gasteiger charge is 2.15. The number of halogens is 4. The van der Waals surface area contributed by atoms with Gasteiger partial charge in [-0.15, -0.1) is 34.2 Å².